The Morgan fingerprint density at radius 3 is 2.36 bits per heavy atom. The molecular formula is C35H45F2N5O10S. The van der Waals surface area contributed by atoms with Crippen LogP contribution < -0.4 is 29.6 Å². The van der Waals surface area contributed by atoms with Crippen molar-refractivity contribution >= 4 is 44.6 Å². The van der Waals surface area contributed by atoms with Crippen molar-refractivity contribution in [3.63, 3.8) is 0 Å². The number of benzene rings is 1. The van der Waals surface area contributed by atoms with Crippen LogP contribution in [0.5, 0.6) is 17.4 Å². The van der Waals surface area contributed by atoms with Gasteiger partial charge in [-0.1, -0.05) is 34.1 Å². The van der Waals surface area contributed by atoms with Gasteiger partial charge >= 0.3 is 12.4 Å². The first-order valence-electron chi connectivity index (χ1n) is 17.6. The summed E-state index contributed by atoms with van der Waals surface area (Å²) in [6.07, 6.45) is -2.82. The zero-order valence-electron chi connectivity index (χ0n) is 30.6. The fourth-order valence-corrected chi connectivity index (χ4v) is 8.16. The Labute approximate surface area is 305 Å². The predicted octanol–water partition coefficient (Wildman–Crippen LogP) is 3.74. The van der Waals surface area contributed by atoms with Crippen molar-refractivity contribution in [3.05, 3.63) is 24.4 Å². The molecule has 0 bridgehead atoms. The van der Waals surface area contributed by atoms with E-state index >= 15 is 0 Å². The summed E-state index contributed by atoms with van der Waals surface area (Å²) >= 11 is 0. The topological polar surface area (TPSA) is 192 Å². The lowest BCUT2D eigenvalue weighted by Crippen LogP contribution is -2.60. The number of pyridine rings is 1. The van der Waals surface area contributed by atoms with Crippen LogP contribution in [0, 0.1) is 11.3 Å². The second kappa shape index (κ2) is 13.1. The lowest BCUT2D eigenvalue weighted by atomic mass is 9.85. The smallest absolute Gasteiger partial charge is 0.472 e. The minimum Gasteiger partial charge on any atom is -0.472 e. The van der Waals surface area contributed by atoms with Gasteiger partial charge in [-0.05, 0) is 69.6 Å². The van der Waals surface area contributed by atoms with Gasteiger partial charge in [0.15, 0.2) is 11.5 Å². The van der Waals surface area contributed by atoms with Crippen LogP contribution in [0.3, 0.4) is 0 Å². The molecule has 53 heavy (non-hydrogen) atoms. The molecule has 3 fully saturated rings. The van der Waals surface area contributed by atoms with Gasteiger partial charge in [0, 0.05) is 23.4 Å². The minimum atomic E-state index is -3.92. The molecule has 2 aliphatic carbocycles. The van der Waals surface area contributed by atoms with Crippen molar-refractivity contribution in [1.82, 2.24) is 25.2 Å². The van der Waals surface area contributed by atoms with E-state index in [4.69, 9.17) is 14.2 Å². The second-order valence-corrected chi connectivity index (χ2v) is 18.1. The standard InChI is InChI=1S/C35H45F2N5O10S/c1-8-18-16-34(18,30(45)41-53(47,48)20-9-10-20)40-27(43)23-15-19(17-42(23)29(44)26(32(2,3)4)39-31(46)52-33(5,6)7)49-28-22-11-12-24-25(21(22)13-14-38-28)51-35(36,37)50-24/h11-14,18-20,23,26H,8-10,15-17H2,1-7H3,(H,39,46)(H,40,43)(H,41,45)/t18-,19-,23+,26-,34-/m1/s1. The van der Waals surface area contributed by atoms with E-state index in [-0.39, 0.29) is 48.1 Å². The van der Waals surface area contributed by atoms with Crippen molar-refractivity contribution in [1.29, 1.82) is 0 Å². The van der Waals surface area contributed by atoms with Crippen LogP contribution in [0.25, 0.3) is 10.8 Å². The molecule has 2 saturated carbocycles. The number of carbonyl (C=O) groups excluding carboxylic acids is 4. The highest BCUT2D eigenvalue weighted by Crippen LogP contribution is 2.48. The average molecular weight is 766 g/mol. The number of alkyl halides is 2. The largest absolute Gasteiger partial charge is 0.586 e. The number of sulfonamides is 1. The van der Waals surface area contributed by atoms with Crippen LogP contribution in [-0.2, 0) is 29.1 Å². The van der Waals surface area contributed by atoms with Crippen LogP contribution in [0.4, 0.5) is 13.6 Å². The van der Waals surface area contributed by atoms with Gasteiger partial charge in [0.05, 0.1) is 11.8 Å². The Bertz CT molecular complexity index is 1940. The molecule has 4 aliphatic rings. The number of fused-ring (bicyclic) bond motifs is 3. The molecule has 18 heteroatoms. The fourth-order valence-electron chi connectivity index (χ4n) is 6.80. The molecule has 15 nitrogen and oxygen atoms in total. The monoisotopic (exact) mass is 765 g/mol. The van der Waals surface area contributed by atoms with Gasteiger partial charge in [0.2, 0.25) is 27.7 Å². The maximum absolute atomic E-state index is 14.5. The van der Waals surface area contributed by atoms with Crippen LogP contribution in [0.15, 0.2) is 24.4 Å². The third-order valence-corrected chi connectivity index (χ3v) is 11.5. The van der Waals surface area contributed by atoms with Crippen LogP contribution in [0.2, 0.25) is 0 Å². The molecular weight excluding hydrogens is 720 g/mol. The van der Waals surface area contributed by atoms with Crippen LogP contribution in [-0.4, -0.2) is 89.5 Å². The van der Waals surface area contributed by atoms with E-state index in [1.165, 1.54) is 29.3 Å². The van der Waals surface area contributed by atoms with Gasteiger partial charge in [-0.3, -0.25) is 19.1 Å². The zero-order valence-corrected chi connectivity index (χ0v) is 31.4. The number of amides is 4. The van der Waals surface area contributed by atoms with Crippen LogP contribution >= 0.6 is 0 Å². The summed E-state index contributed by atoms with van der Waals surface area (Å²) in [6.45, 7) is 11.9. The third-order valence-electron chi connectivity index (χ3n) is 9.72. The van der Waals surface area contributed by atoms with E-state index in [0.29, 0.717) is 24.6 Å². The quantitative estimate of drug-likeness (QED) is 0.319. The summed E-state index contributed by atoms with van der Waals surface area (Å²) in [7, 11) is -3.92. The number of nitrogens with zero attached hydrogens (tertiary/aromatic N) is 2. The van der Waals surface area contributed by atoms with Crippen molar-refractivity contribution < 1.29 is 55.3 Å². The molecule has 0 unspecified atom stereocenters. The molecule has 6 rings (SSSR count). The first-order chi connectivity index (χ1) is 24.5. The third kappa shape index (κ3) is 7.92. The molecule has 3 heterocycles. The Hall–Kier alpha value is -4.48. The maximum Gasteiger partial charge on any atom is 0.586 e. The van der Waals surface area contributed by atoms with Gasteiger partial charge < -0.3 is 34.5 Å². The van der Waals surface area contributed by atoms with E-state index in [1.54, 1.807) is 41.5 Å². The summed E-state index contributed by atoms with van der Waals surface area (Å²) < 4.78 is 76.4. The number of ether oxygens (including phenoxy) is 4. The highest BCUT2D eigenvalue weighted by molar-refractivity contribution is 7.91. The normalized spacial score (nSPS) is 25.4. The Morgan fingerprint density at radius 1 is 1.06 bits per heavy atom. The maximum atomic E-state index is 14.5. The van der Waals surface area contributed by atoms with Crippen molar-refractivity contribution in [2.45, 2.75) is 121 Å². The fraction of sp³-hybridized carbons (Fsp3) is 0.629. The molecule has 0 radical (unpaired) electrons. The summed E-state index contributed by atoms with van der Waals surface area (Å²) in [6, 6.07) is 1.79. The number of hydrogen-bond donors (Lipinski definition) is 3. The Balaban J connectivity index is 1.30. The number of likely N-dealkylation sites (tertiary alicyclic amines) is 1. The number of nitrogens with one attached hydrogen (secondary N) is 3. The van der Waals surface area contributed by atoms with E-state index in [9.17, 15) is 36.4 Å². The number of carbonyl (C=O) groups is 4. The predicted molar refractivity (Wildman–Crippen MR) is 184 cm³/mol. The molecule has 2 aromatic rings. The SMILES string of the molecule is CC[C@@H]1C[C@]1(NC(=O)[C@@H]1C[C@@H](Oc2nccc3c4c(ccc23)OC(F)(F)O4)CN1C(=O)[C@@H](NC(=O)OC(C)(C)C)C(C)(C)C)C(=O)NS(=O)(=O)C1CC1. The molecule has 2 aliphatic heterocycles. The van der Waals surface area contributed by atoms with Gasteiger partial charge in [0.1, 0.15) is 29.3 Å². The summed E-state index contributed by atoms with van der Waals surface area (Å²) in [5.74, 6) is -2.91. The number of hydrogen-bond acceptors (Lipinski definition) is 11. The molecule has 4 amide bonds. The minimum absolute atomic E-state index is 0.0104. The van der Waals surface area contributed by atoms with Gasteiger partial charge in [-0.25, -0.2) is 18.2 Å². The van der Waals surface area contributed by atoms with Crippen molar-refractivity contribution in [2.24, 2.45) is 11.3 Å². The van der Waals surface area contributed by atoms with Crippen molar-refractivity contribution in [2.75, 3.05) is 6.54 Å². The lowest BCUT2D eigenvalue weighted by molar-refractivity contribution is -0.286. The number of aromatic nitrogens is 1. The second-order valence-electron chi connectivity index (χ2n) is 16.1. The first kappa shape index (κ1) is 38.3. The van der Waals surface area contributed by atoms with E-state index < -0.39 is 80.1 Å². The van der Waals surface area contributed by atoms with Gasteiger partial charge in [-0.2, -0.15) is 0 Å². The highest BCUT2D eigenvalue weighted by atomic mass is 32.2. The Morgan fingerprint density at radius 2 is 1.75 bits per heavy atom. The lowest BCUT2D eigenvalue weighted by Gasteiger charge is -2.36. The summed E-state index contributed by atoms with van der Waals surface area (Å²) in [4.78, 5) is 60.7. The Kier molecular flexibility index (Phi) is 9.47. The number of rotatable bonds is 10. The highest BCUT2D eigenvalue weighted by Gasteiger charge is 2.62. The van der Waals surface area contributed by atoms with Crippen LogP contribution in [0.1, 0.15) is 80.6 Å². The molecule has 0 spiro atoms. The molecule has 1 aromatic carbocycles. The summed E-state index contributed by atoms with van der Waals surface area (Å²) in [5.41, 5.74) is -3.26. The van der Waals surface area contributed by atoms with E-state index in [1.807, 2.05) is 6.92 Å². The molecule has 1 aromatic heterocycles. The van der Waals surface area contributed by atoms with Crippen molar-refractivity contribution in [3.8, 4) is 17.4 Å². The average Bonchev–Trinajstić information content (AvgIpc) is 3.94. The van der Waals surface area contributed by atoms with Gasteiger partial charge in [-0.15, -0.1) is 8.78 Å². The molecule has 290 valence electrons. The molecule has 3 N–H and O–H groups in total. The number of alkyl carbamates (subject to hydrolysis) is 1. The number of halogens is 2. The molecule has 5 atom stereocenters. The van der Waals surface area contributed by atoms with E-state index in [2.05, 4.69) is 25.1 Å². The molecule has 1 saturated heterocycles. The summed E-state index contributed by atoms with van der Waals surface area (Å²) in [5, 5.41) is 5.30. The zero-order chi connectivity index (χ0) is 38.9. The first-order valence-corrected chi connectivity index (χ1v) is 19.1. The van der Waals surface area contributed by atoms with E-state index in [0.717, 1.165) is 0 Å². The van der Waals surface area contributed by atoms with Gasteiger partial charge in [0.25, 0.3) is 5.91 Å².